The molecule has 0 unspecified atom stereocenters. The van der Waals surface area contributed by atoms with Crippen LogP contribution in [0.4, 0.5) is 0 Å². The zero-order valence-corrected chi connectivity index (χ0v) is 6.81. The highest BCUT2D eigenvalue weighted by Crippen LogP contribution is 1.75. The van der Waals surface area contributed by atoms with Crippen LogP contribution in [0.3, 0.4) is 0 Å². The van der Waals surface area contributed by atoms with E-state index in [0.29, 0.717) is 13.0 Å². The summed E-state index contributed by atoms with van der Waals surface area (Å²) in [6.07, 6.45) is 0.455. The van der Waals surface area contributed by atoms with Crippen LogP contribution < -0.4 is 10.6 Å². The van der Waals surface area contributed by atoms with Gasteiger partial charge in [-0.3, -0.25) is 9.59 Å². The minimum absolute atomic E-state index is 0.0460. The molecule has 2 N–H and O–H groups in total. The van der Waals surface area contributed by atoms with Crippen molar-refractivity contribution in [3.63, 3.8) is 0 Å². The molecule has 0 aliphatic carbocycles. The summed E-state index contributed by atoms with van der Waals surface area (Å²) in [5.41, 5.74) is 0. The smallest absolute Gasteiger partial charge is 0.220 e. The Morgan fingerprint density at radius 3 is 2.55 bits per heavy atom. The summed E-state index contributed by atoms with van der Waals surface area (Å²) in [6, 6.07) is 0. The number of hydrogen-bond donors (Lipinski definition) is 2. The number of nitrogens with one attached hydrogen (secondary N) is 2. The van der Waals surface area contributed by atoms with Crippen molar-refractivity contribution in [2.75, 3.05) is 6.54 Å². The van der Waals surface area contributed by atoms with Gasteiger partial charge in [-0.25, -0.2) is 0 Å². The molecule has 0 aliphatic rings. The second kappa shape index (κ2) is 5.70. The van der Waals surface area contributed by atoms with Crippen LogP contribution in [0, 0.1) is 6.54 Å². The molecule has 0 saturated heterocycles. The standard InChI is InChI=1S/C7H13N2O2/c1-3-7(11)9-5-4-8-6(2)10/h5H,3-4H2,1-2H3,(H,8,10)(H,9,11). The van der Waals surface area contributed by atoms with E-state index in [1.807, 2.05) is 0 Å². The number of carbonyl (C=O) groups excluding carboxylic acids is 2. The van der Waals surface area contributed by atoms with Crippen molar-refractivity contribution in [1.82, 2.24) is 10.6 Å². The van der Waals surface area contributed by atoms with Crippen LogP contribution in [0.5, 0.6) is 0 Å². The van der Waals surface area contributed by atoms with E-state index < -0.39 is 0 Å². The zero-order chi connectivity index (χ0) is 8.69. The van der Waals surface area contributed by atoms with Crippen LogP contribution in [0.2, 0.25) is 0 Å². The topological polar surface area (TPSA) is 58.2 Å². The Labute approximate surface area is 66.4 Å². The van der Waals surface area contributed by atoms with Crippen molar-refractivity contribution in [3.8, 4) is 0 Å². The molecule has 1 radical (unpaired) electrons. The lowest BCUT2D eigenvalue weighted by molar-refractivity contribution is -0.121. The summed E-state index contributed by atoms with van der Waals surface area (Å²) >= 11 is 0. The molecule has 0 aromatic rings. The maximum absolute atomic E-state index is 10.6. The fourth-order valence-corrected chi connectivity index (χ4v) is 0.462. The summed E-state index contributed by atoms with van der Waals surface area (Å²) in [6.45, 7) is 5.09. The minimum Gasteiger partial charge on any atom is -0.354 e. The van der Waals surface area contributed by atoms with Gasteiger partial charge in [-0.15, -0.1) is 0 Å². The van der Waals surface area contributed by atoms with Crippen LogP contribution in [0.15, 0.2) is 0 Å². The first-order valence-electron chi connectivity index (χ1n) is 3.52. The van der Waals surface area contributed by atoms with Gasteiger partial charge in [0.2, 0.25) is 11.8 Å². The Balaban J connectivity index is 3.14. The third kappa shape index (κ3) is 6.83. The first-order valence-corrected chi connectivity index (χ1v) is 3.52. The van der Waals surface area contributed by atoms with E-state index in [0.717, 1.165) is 0 Å². The molecular weight excluding hydrogens is 144 g/mol. The van der Waals surface area contributed by atoms with Crippen molar-refractivity contribution in [3.05, 3.63) is 6.54 Å². The number of rotatable bonds is 4. The van der Waals surface area contributed by atoms with Crippen LogP contribution >= 0.6 is 0 Å². The van der Waals surface area contributed by atoms with Crippen LogP contribution in [0.1, 0.15) is 20.3 Å². The fraction of sp³-hybridized carbons (Fsp3) is 0.571. The van der Waals surface area contributed by atoms with Crippen molar-refractivity contribution >= 4 is 11.8 Å². The summed E-state index contributed by atoms with van der Waals surface area (Å²) in [7, 11) is 0. The van der Waals surface area contributed by atoms with Gasteiger partial charge in [-0.05, 0) is 0 Å². The van der Waals surface area contributed by atoms with Crippen LogP contribution in [0.25, 0.3) is 0 Å². The molecule has 11 heavy (non-hydrogen) atoms. The van der Waals surface area contributed by atoms with Gasteiger partial charge in [-0.2, -0.15) is 0 Å². The Bertz CT molecular complexity index is 145. The summed E-state index contributed by atoms with van der Waals surface area (Å²) in [4.78, 5) is 20.9. The molecular formula is C7H13N2O2. The van der Waals surface area contributed by atoms with Gasteiger partial charge >= 0.3 is 0 Å². The summed E-state index contributed by atoms with van der Waals surface area (Å²) in [5, 5.41) is 5.02. The summed E-state index contributed by atoms with van der Waals surface area (Å²) in [5.74, 6) is -0.151. The third-order valence-electron chi connectivity index (χ3n) is 1.04. The Hall–Kier alpha value is -1.06. The maximum Gasteiger partial charge on any atom is 0.220 e. The predicted octanol–water partition coefficient (Wildman–Crippen LogP) is -0.190. The molecule has 4 heteroatoms. The average molecular weight is 157 g/mol. The monoisotopic (exact) mass is 157 g/mol. The molecule has 0 aromatic carbocycles. The average Bonchev–Trinajstić information content (AvgIpc) is 1.97. The first kappa shape index (κ1) is 9.94. The lowest BCUT2D eigenvalue weighted by Gasteiger charge is -2.02. The number of amides is 2. The van der Waals surface area contributed by atoms with E-state index in [9.17, 15) is 9.59 Å². The molecule has 0 aliphatic heterocycles. The van der Waals surface area contributed by atoms with Gasteiger partial charge in [0.1, 0.15) is 0 Å². The quantitative estimate of drug-likeness (QED) is 0.556. The van der Waals surface area contributed by atoms with E-state index in [4.69, 9.17) is 0 Å². The minimum atomic E-state index is -0.105. The molecule has 0 atom stereocenters. The highest BCUT2D eigenvalue weighted by Gasteiger charge is 1.95. The van der Waals surface area contributed by atoms with Crippen molar-refractivity contribution in [2.24, 2.45) is 0 Å². The summed E-state index contributed by atoms with van der Waals surface area (Å²) < 4.78 is 0. The second-order valence-electron chi connectivity index (χ2n) is 2.06. The van der Waals surface area contributed by atoms with Crippen molar-refractivity contribution in [2.45, 2.75) is 20.3 Å². The molecule has 0 aromatic heterocycles. The third-order valence-corrected chi connectivity index (χ3v) is 1.04. The molecule has 2 amide bonds. The van der Waals surface area contributed by atoms with Crippen molar-refractivity contribution in [1.29, 1.82) is 0 Å². The Morgan fingerprint density at radius 2 is 2.09 bits per heavy atom. The van der Waals surface area contributed by atoms with Gasteiger partial charge < -0.3 is 10.6 Å². The molecule has 0 fully saturated rings. The highest BCUT2D eigenvalue weighted by atomic mass is 16.2. The van der Waals surface area contributed by atoms with E-state index >= 15 is 0 Å². The van der Waals surface area contributed by atoms with Crippen molar-refractivity contribution < 1.29 is 9.59 Å². The van der Waals surface area contributed by atoms with Gasteiger partial charge in [-0.1, -0.05) is 6.92 Å². The number of hydrogen-bond acceptors (Lipinski definition) is 2. The molecule has 0 heterocycles. The lowest BCUT2D eigenvalue weighted by atomic mass is 10.4. The van der Waals surface area contributed by atoms with Crippen LogP contribution in [-0.4, -0.2) is 18.4 Å². The van der Waals surface area contributed by atoms with Gasteiger partial charge in [0.25, 0.3) is 0 Å². The lowest BCUT2D eigenvalue weighted by Crippen LogP contribution is -2.29. The molecule has 0 bridgehead atoms. The predicted molar refractivity (Wildman–Crippen MR) is 41.4 cm³/mol. The Kier molecular flexibility index (Phi) is 5.15. The fourth-order valence-electron chi connectivity index (χ4n) is 0.462. The number of carbonyl (C=O) groups is 2. The molecule has 0 saturated carbocycles. The highest BCUT2D eigenvalue weighted by molar-refractivity contribution is 5.76. The zero-order valence-electron chi connectivity index (χ0n) is 6.81. The van der Waals surface area contributed by atoms with E-state index in [-0.39, 0.29) is 11.8 Å². The Morgan fingerprint density at radius 1 is 1.45 bits per heavy atom. The second-order valence-corrected chi connectivity index (χ2v) is 2.06. The SMILES string of the molecule is CCC(=O)N[CH]CNC(C)=O. The molecule has 0 rings (SSSR count). The van der Waals surface area contributed by atoms with Gasteiger partial charge in [0.15, 0.2) is 0 Å². The maximum atomic E-state index is 10.6. The van der Waals surface area contributed by atoms with Gasteiger partial charge in [0, 0.05) is 19.9 Å². The normalized spacial score (nSPS) is 8.91. The van der Waals surface area contributed by atoms with Crippen LogP contribution in [-0.2, 0) is 9.59 Å². The molecule has 63 valence electrons. The van der Waals surface area contributed by atoms with E-state index in [2.05, 4.69) is 10.6 Å². The molecule has 4 nitrogen and oxygen atoms in total. The molecule has 0 spiro atoms. The largest absolute Gasteiger partial charge is 0.354 e. The van der Waals surface area contributed by atoms with E-state index in [1.54, 1.807) is 6.92 Å². The van der Waals surface area contributed by atoms with E-state index in [1.165, 1.54) is 13.5 Å². The first-order chi connectivity index (χ1) is 5.16. The van der Waals surface area contributed by atoms with Gasteiger partial charge in [0.05, 0.1) is 6.54 Å².